The molecule has 2 N–H and O–H groups in total. The lowest BCUT2D eigenvalue weighted by atomic mass is 10.1. The van der Waals surface area contributed by atoms with Gasteiger partial charge in [0.15, 0.2) is 0 Å². The molecule has 0 saturated heterocycles. The summed E-state index contributed by atoms with van der Waals surface area (Å²) in [5, 5.41) is 11.1. The third kappa shape index (κ3) is 3.21. The van der Waals surface area contributed by atoms with E-state index in [1.54, 1.807) is 6.07 Å². The third-order valence-electron chi connectivity index (χ3n) is 2.52. The highest BCUT2D eigenvalue weighted by atomic mass is 79.9. The minimum atomic E-state index is -0.504. The van der Waals surface area contributed by atoms with Crippen LogP contribution in [-0.2, 0) is 6.42 Å². The van der Waals surface area contributed by atoms with Crippen molar-refractivity contribution in [3.8, 4) is 11.8 Å². The lowest BCUT2D eigenvalue weighted by Crippen LogP contribution is -2.00. The summed E-state index contributed by atoms with van der Waals surface area (Å²) in [6.45, 7) is 1.91. The summed E-state index contributed by atoms with van der Waals surface area (Å²) < 4.78 is 5.80. The highest BCUT2D eigenvalue weighted by Gasteiger charge is 2.17. The predicted molar refractivity (Wildman–Crippen MR) is 76.7 cm³/mol. The number of ether oxygens (including phenoxy) is 1. The van der Waals surface area contributed by atoms with Crippen molar-refractivity contribution >= 4 is 27.4 Å². The molecule has 0 unspecified atom stereocenters. The Bertz CT molecular complexity index is 643. The first-order valence-corrected chi connectivity index (χ1v) is 6.54. The highest BCUT2D eigenvalue weighted by molar-refractivity contribution is 9.10. The molecule has 20 heavy (non-hydrogen) atoms. The first-order chi connectivity index (χ1) is 9.49. The minimum absolute atomic E-state index is 0.0516. The molecule has 104 valence electrons. The van der Waals surface area contributed by atoms with Crippen LogP contribution in [0.15, 0.2) is 28.9 Å². The topological polar surface area (TPSA) is 104 Å². The number of benzene rings is 1. The summed E-state index contributed by atoms with van der Waals surface area (Å²) in [6.07, 6.45) is 0.696. The van der Waals surface area contributed by atoms with E-state index < -0.39 is 4.92 Å². The molecule has 0 aliphatic heterocycles. The van der Waals surface area contributed by atoms with Gasteiger partial charge in [-0.2, -0.15) is 9.97 Å². The summed E-state index contributed by atoms with van der Waals surface area (Å²) in [5.41, 5.74) is 6.27. The van der Waals surface area contributed by atoms with E-state index in [2.05, 4.69) is 25.9 Å². The quantitative estimate of drug-likeness (QED) is 0.521. The molecular formula is C12H11BrN4O3. The molecule has 1 aromatic heterocycles. The molecule has 0 bridgehead atoms. The average molecular weight is 339 g/mol. The fourth-order valence-corrected chi connectivity index (χ4v) is 1.96. The van der Waals surface area contributed by atoms with Crippen molar-refractivity contribution in [2.24, 2.45) is 0 Å². The number of nitro benzene ring substituents is 1. The molecule has 0 aliphatic carbocycles. The molecule has 0 atom stereocenters. The molecule has 0 aliphatic rings. The Morgan fingerprint density at radius 1 is 1.40 bits per heavy atom. The van der Waals surface area contributed by atoms with Gasteiger partial charge in [-0.1, -0.05) is 13.0 Å². The molecule has 0 saturated carbocycles. The number of hydrogen-bond acceptors (Lipinski definition) is 6. The fourth-order valence-electron chi connectivity index (χ4n) is 1.57. The largest absolute Gasteiger partial charge is 0.417 e. The van der Waals surface area contributed by atoms with Crippen LogP contribution in [0.4, 0.5) is 11.5 Å². The van der Waals surface area contributed by atoms with Gasteiger partial charge in [0.05, 0.1) is 4.92 Å². The van der Waals surface area contributed by atoms with Crippen LogP contribution in [0.1, 0.15) is 12.5 Å². The van der Waals surface area contributed by atoms with Crippen LogP contribution in [0.25, 0.3) is 0 Å². The van der Waals surface area contributed by atoms with E-state index in [4.69, 9.17) is 10.5 Å². The maximum Gasteiger partial charge on any atom is 0.325 e. The molecule has 1 heterocycles. The van der Waals surface area contributed by atoms with Crippen molar-refractivity contribution in [3.05, 3.63) is 44.5 Å². The van der Waals surface area contributed by atoms with Gasteiger partial charge in [-0.05, 0) is 34.0 Å². The second-order valence-corrected chi connectivity index (χ2v) is 4.73. The normalized spacial score (nSPS) is 10.3. The molecule has 0 spiro atoms. The van der Waals surface area contributed by atoms with Crippen LogP contribution >= 0.6 is 15.9 Å². The predicted octanol–water partition coefficient (Wildman–Crippen LogP) is 3.08. The molecule has 0 fully saturated rings. The lowest BCUT2D eigenvalue weighted by Gasteiger charge is -2.06. The van der Waals surface area contributed by atoms with Gasteiger partial charge < -0.3 is 10.5 Å². The third-order valence-corrected chi connectivity index (χ3v) is 2.93. The minimum Gasteiger partial charge on any atom is -0.417 e. The molecule has 0 amide bonds. The van der Waals surface area contributed by atoms with Crippen LogP contribution in [0.3, 0.4) is 0 Å². The maximum absolute atomic E-state index is 11.1. The van der Waals surface area contributed by atoms with Crippen molar-refractivity contribution in [2.75, 3.05) is 5.73 Å². The lowest BCUT2D eigenvalue weighted by molar-refractivity contribution is -0.385. The molecular weight excluding hydrogens is 328 g/mol. The van der Waals surface area contributed by atoms with Crippen LogP contribution in [-0.4, -0.2) is 14.9 Å². The van der Waals surface area contributed by atoms with Crippen LogP contribution in [0.2, 0.25) is 0 Å². The molecule has 7 nitrogen and oxygen atoms in total. The Hall–Kier alpha value is -2.22. The Kier molecular flexibility index (Phi) is 4.14. The summed E-state index contributed by atoms with van der Waals surface area (Å²) in [6, 6.07) is 6.20. The number of anilines is 1. The fraction of sp³-hybridized carbons (Fsp3) is 0.167. The summed E-state index contributed by atoms with van der Waals surface area (Å²) in [5.74, 6) is 0.277. The Morgan fingerprint density at radius 2 is 2.15 bits per heavy atom. The number of aryl methyl sites for hydroxylation is 1. The van der Waals surface area contributed by atoms with Crippen molar-refractivity contribution in [3.63, 3.8) is 0 Å². The van der Waals surface area contributed by atoms with E-state index in [0.29, 0.717) is 11.0 Å². The Labute approximate surface area is 123 Å². The number of aromatic nitrogens is 2. The van der Waals surface area contributed by atoms with Crippen molar-refractivity contribution in [2.45, 2.75) is 13.3 Å². The maximum atomic E-state index is 11.1. The van der Waals surface area contributed by atoms with Crippen LogP contribution in [0.5, 0.6) is 11.8 Å². The smallest absolute Gasteiger partial charge is 0.325 e. The van der Waals surface area contributed by atoms with Gasteiger partial charge in [0.1, 0.15) is 10.4 Å². The number of halogens is 1. The van der Waals surface area contributed by atoms with E-state index in [9.17, 15) is 10.1 Å². The summed E-state index contributed by atoms with van der Waals surface area (Å²) >= 11 is 3.15. The molecule has 1 aromatic carbocycles. The first kappa shape index (κ1) is 14.2. The van der Waals surface area contributed by atoms with E-state index in [-0.39, 0.29) is 23.3 Å². The average Bonchev–Trinajstić information content (AvgIpc) is 2.37. The number of nitrogens with two attached hydrogens (primary N) is 1. The summed E-state index contributed by atoms with van der Waals surface area (Å²) in [4.78, 5) is 18.4. The monoisotopic (exact) mass is 338 g/mol. The number of hydrogen-bond donors (Lipinski definition) is 1. The zero-order chi connectivity index (χ0) is 14.7. The van der Waals surface area contributed by atoms with Gasteiger partial charge in [-0.15, -0.1) is 0 Å². The second-order valence-electron chi connectivity index (χ2n) is 3.91. The van der Waals surface area contributed by atoms with Gasteiger partial charge in [-0.3, -0.25) is 10.1 Å². The number of nitro groups is 1. The standard InChI is InChI=1S/C12H11BrN4O3/c1-2-7-3-4-9(8(5-7)17(18)19)20-12-15-10(13)6-11(14)16-12/h3-6H,2H2,1H3,(H2,14,15,16). The molecule has 2 aromatic rings. The highest BCUT2D eigenvalue weighted by Crippen LogP contribution is 2.31. The van der Waals surface area contributed by atoms with E-state index in [1.807, 2.05) is 6.92 Å². The zero-order valence-corrected chi connectivity index (χ0v) is 12.1. The van der Waals surface area contributed by atoms with Crippen molar-refractivity contribution < 1.29 is 9.66 Å². The van der Waals surface area contributed by atoms with Crippen molar-refractivity contribution in [1.29, 1.82) is 0 Å². The van der Waals surface area contributed by atoms with E-state index in [1.165, 1.54) is 18.2 Å². The number of nitrogens with zero attached hydrogens (tertiary/aromatic N) is 3. The van der Waals surface area contributed by atoms with Gasteiger partial charge >= 0.3 is 11.7 Å². The van der Waals surface area contributed by atoms with E-state index >= 15 is 0 Å². The van der Waals surface area contributed by atoms with E-state index in [0.717, 1.165) is 5.56 Å². The first-order valence-electron chi connectivity index (χ1n) is 5.75. The molecule has 2 rings (SSSR count). The van der Waals surface area contributed by atoms with Crippen LogP contribution < -0.4 is 10.5 Å². The van der Waals surface area contributed by atoms with Gasteiger partial charge in [0, 0.05) is 12.1 Å². The van der Waals surface area contributed by atoms with Crippen LogP contribution in [0, 0.1) is 10.1 Å². The second kappa shape index (κ2) is 5.83. The van der Waals surface area contributed by atoms with Gasteiger partial charge in [-0.25, -0.2) is 0 Å². The number of rotatable bonds is 4. The Balaban J connectivity index is 2.39. The number of nitrogen functional groups attached to an aromatic ring is 1. The van der Waals surface area contributed by atoms with Crippen molar-refractivity contribution in [1.82, 2.24) is 9.97 Å². The SMILES string of the molecule is CCc1ccc(Oc2nc(N)cc(Br)n2)c([N+](=O)[O-])c1. The Morgan fingerprint density at radius 3 is 2.75 bits per heavy atom. The van der Waals surface area contributed by atoms with Gasteiger partial charge in [0.25, 0.3) is 0 Å². The van der Waals surface area contributed by atoms with Gasteiger partial charge in [0.2, 0.25) is 5.75 Å². The molecule has 8 heteroatoms. The molecule has 0 radical (unpaired) electrons. The zero-order valence-electron chi connectivity index (χ0n) is 10.5. The summed E-state index contributed by atoms with van der Waals surface area (Å²) in [7, 11) is 0.